The molecule has 4 rings (SSSR count). The Bertz CT molecular complexity index is 956. The molecule has 27 heavy (non-hydrogen) atoms. The summed E-state index contributed by atoms with van der Waals surface area (Å²) in [7, 11) is 0. The standard InChI is InChI=1S/C20H21N5OS/c1-13-19(27-14(2)24-13)20(26)25-9-3-4-16(11-25)18-17(10-22-12-23-18)15-5-7-21-8-6-15/h5-8,10,12,16H,3-4,9,11H2,1-2H3. The van der Waals surface area contributed by atoms with E-state index in [1.54, 1.807) is 18.7 Å². The van der Waals surface area contributed by atoms with Gasteiger partial charge in [-0.2, -0.15) is 0 Å². The molecule has 6 nitrogen and oxygen atoms in total. The van der Waals surface area contributed by atoms with Gasteiger partial charge in [0.15, 0.2) is 0 Å². The Labute approximate surface area is 162 Å². The monoisotopic (exact) mass is 379 g/mol. The van der Waals surface area contributed by atoms with Crippen molar-refractivity contribution < 1.29 is 4.79 Å². The molecule has 0 aromatic carbocycles. The minimum Gasteiger partial charge on any atom is -0.337 e. The summed E-state index contributed by atoms with van der Waals surface area (Å²) in [4.78, 5) is 33.0. The van der Waals surface area contributed by atoms with Crippen molar-refractivity contribution in [1.82, 2.24) is 24.8 Å². The highest BCUT2D eigenvalue weighted by Crippen LogP contribution is 2.33. The van der Waals surface area contributed by atoms with Crippen molar-refractivity contribution in [2.24, 2.45) is 0 Å². The second-order valence-electron chi connectivity index (χ2n) is 6.80. The Morgan fingerprint density at radius 3 is 2.78 bits per heavy atom. The molecule has 1 aliphatic heterocycles. The molecule has 1 atom stereocenters. The lowest BCUT2D eigenvalue weighted by molar-refractivity contribution is 0.0710. The zero-order chi connectivity index (χ0) is 18.8. The van der Waals surface area contributed by atoms with Gasteiger partial charge in [0, 0.05) is 43.2 Å². The van der Waals surface area contributed by atoms with Crippen LogP contribution in [0.15, 0.2) is 37.1 Å². The highest BCUT2D eigenvalue weighted by Gasteiger charge is 2.29. The Balaban J connectivity index is 1.61. The summed E-state index contributed by atoms with van der Waals surface area (Å²) < 4.78 is 0. The summed E-state index contributed by atoms with van der Waals surface area (Å²) in [5, 5.41) is 0.931. The minimum atomic E-state index is 0.0855. The molecule has 138 valence electrons. The molecule has 0 saturated carbocycles. The average Bonchev–Trinajstić information content (AvgIpc) is 3.06. The molecule has 1 saturated heterocycles. The lowest BCUT2D eigenvalue weighted by Crippen LogP contribution is -2.39. The quantitative estimate of drug-likeness (QED) is 0.695. The van der Waals surface area contributed by atoms with E-state index in [0.717, 1.165) is 51.8 Å². The van der Waals surface area contributed by atoms with Gasteiger partial charge in [0.1, 0.15) is 11.2 Å². The largest absolute Gasteiger partial charge is 0.337 e. The molecule has 3 aromatic heterocycles. The van der Waals surface area contributed by atoms with Gasteiger partial charge >= 0.3 is 0 Å². The fourth-order valence-corrected chi connectivity index (χ4v) is 4.56. The average molecular weight is 379 g/mol. The SMILES string of the molecule is Cc1nc(C)c(C(=O)N2CCCC(c3ncncc3-c3ccncc3)C2)s1. The highest BCUT2D eigenvalue weighted by molar-refractivity contribution is 7.13. The topological polar surface area (TPSA) is 71.9 Å². The highest BCUT2D eigenvalue weighted by atomic mass is 32.1. The van der Waals surface area contributed by atoms with Crippen LogP contribution in [0.2, 0.25) is 0 Å². The number of carbonyl (C=O) groups is 1. The van der Waals surface area contributed by atoms with E-state index in [4.69, 9.17) is 0 Å². The van der Waals surface area contributed by atoms with Crippen molar-refractivity contribution in [2.75, 3.05) is 13.1 Å². The molecule has 0 bridgehead atoms. The number of aryl methyl sites for hydroxylation is 2. The molecule has 3 aromatic rings. The summed E-state index contributed by atoms with van der Waals surface area (Å²) in [5.41, 5.74) is 3.90. The van der Waals surface area contributed by atoms with Gasteiger partial charge < -0.3 is 4.90 Å². The van der Waals surface area contributed by atoms with Crippen molar-refractivity contribution in [2.45, 2.75) is 32.6 Å². The Hall–Kier alpha value is -2.67. The van der Waals surface area contributed by atoms with Gasteiger partial charge in [-0.05, 0) is 44.4 Å². The van der Waals surface area contributed by atoms with Crippen LogP contribution in [0.5, 0.6) is 0 Å². The molecule has 1 fully saturated rings. The number of nitrogens with zero attached hydrogens (tertiary/aromatic N) is 5. The van der Waals surface area contributed by atoms with Gasteiger partial charge in [0.25, 0.3) is 5.91 Å². The molecule has 1 aliphatic rings. The van der Waals surface area contributed by atoms with Crippen molar-refractivity contribution >= 4 is 17.2 Å². The van der Waals surface area contributed by atoms with E-state index >= 15 is 0 Å². The van der Waals surface area contributed by atoms with Gasteiger partial charge in [-0.3, -0.25) is 9.78 Å². The first-order chi connectivity index (χ1) is 13.1. The van der Waals surface area contributed by atoms with E-state index in [9.17, 15) is 4.79 Å². The van der Waals surface area contributed by atoms with Crippen LogP contribution in [0.4, 0.5) is 0 Å². The van der Waals surface area contributed by atoms with Gasteiger partial charge in [-0.25, -0.2) is 15.0 Å². The van der Waals surface area contributed by atoms with Crippen LogP contribution in [0, 0.1) is 13.8 Å². The minimum absolute atomic E-state index is 0.0855. The number of thiazole rings is 1. The number of aromatic nitrogens is 4. The van der Waals surface area contributed by atoms with E-state index in [1.165, 1.54) is 11.3 Å². The zero-order valence-electron chi connectivity index (χ0n) is 15.4. The first kappa shape index (κ1) is 17.7. The molecule has 4 heterocycles. The lowest BCUT2D eigenvalue weighted by Gasteiger charge is -2.33. The van der Waals surface area contributed by atoms with Crippen LogP contribution in [-0.2, 0) is 0 Å². The molecule has 0 radical (unpaired) electrons. The van der Waals surface area contributed by atoms with Crippen LogP contribution in [0.3, 0.4) is 0 Å². The van der Waals surface area contributed by atoms with E-state index in [1.807, 2.05) is 37.1 Å². The zero-order valence-corrected chi connectivity index (χ0v) is 16.2. The first-order valence-electron chi connectivity index (χ1n) is 9.07. The van der Waals surface area contributed by atoms with E-state index in [2.05, 4.69) is 19.9 Å². The van der Waals surface area contributed by atoms with Crippen LogP contribution in [-0.4, -0.2) is 43.8 Å². The number of carbonyl (C=O) groups excluding carboxylic acids is 1. The number of piperidine rings is 1. The Morgan fingerprint density at radius 2 is 2.04 bits per heavy atom. The number of rotatable bonds is 3. The van der Waals surface area contributed by atoms with Gasteiger partial charge in [-0.15, -0.1) is 11.3 Å². The van der Waals surface area contributed by atoms with Crippen LogP contribution < -0.4 is 0 Å². The third kappa shape index (κ3) is 3.60. The molecular formula is C20H21N5OS. The maximum absolute atomic E-state index is 13.0. The van der Waals surface area contributed by atoms with E-state index in [-0.39, 0.29) is 11.8 Å². The van der Waals surface area contributed by atoms with Crippen LogP contribution >= 0.6 is 11.3 Å². The summed E-state index contributed by atoms with van der Waals surface area (Å²) in [5.74, 6) is 0.283. The molecular weight excluding hydrogens is 358 g/mol. The second kappa shape index (κ2) is 7.52. The van der Waals surface area contributed by atoms with Gasteiger partial charge in [-0.1, -0.05) is 0 Å². The Kier molecular flexibility index (Phi) is 4.94. The number of likely N-dealkylation sites (tertiary alicyclic amines) is 1. The van der Waals surface area contributed by atoms with E-state index < -0.39 is 0 Å². The molecule has 1 unspecified atom stereocenters. The van der Waals surface area contributed by atoms with Crippen molar-refractivity contribution in [3.05, 3.63) is 58.3 Å². The van der Waals surface area contributed by atoms with Crippen LogP contribution in [0.25, 0.3) is 11.1 Å². The van der Waals surface area contributed by atoms with Crippen molar-refractivity contribution in [3.63, 3.8) is 0 Å². The molecule has 1 amide bonds. The smallest absolute Gasteiger partial charge is 0.265 e. The summed E-state index contributed by atoms with van der Waals surface area (Å²) in [6.07, 6.45) is 8.98. The summed E-state index contributed by atoms with van der Waals surface area (Å²) >= 11 is 1.48. The third-order valence-electron chi connectivity index (χ3n) is 4.93. The predicted octanol–water partition coefficient (Wildman–Crippen LogP) is 3.63. The second-order valence-corrected chi connectivity index (χ2v) is 8.00. The number of pyridine rings is 1. The number of hydrogen-bond donors (Lipinski definition) is 0. The van der Waals surface area contributed by atoms with Crippen LogP contribution in [0.1, 0.15) is 44.8 Å². The molecule has 0 aliphatic carbocycles. The first-order valence-corrected chi connectivity index (χ1v) is 9.88. The fraction of sp³-hybridized carbons (Fsp3) is 0.350. The maximum atomic E-state index is 13.0. The summed E-state index contributed by atoms with van der Waals surface area (Å²) in [6, 6.07) is 3.94. The van der Waals surface area contributed by atoms with E-state index in [0.29, 0.717) is 6.54 Å². The fourth-order valence-electron chi connectivity index (χ4n) is 3.68. The van der Waals surface area contributed by atoms with Gasteiger partial charge in [0.2, 0.25) is 0 Å². The molecule has 7 heteroatoms. The normalized spacial score (nSPS) is 17.1. The number of hydrogen-bond acceptors (Lipinski definition) is 6. The Morgan fingerprint density at radius 1 is 1.22 bits per heavy atom. The number of amides is 1. The lowest BCUT2D eigenvalue weighted by atomic mass is 9.90. The van der Waals surface area contributed by atoms with Crippen molar-refractivity contribution in [1.29, 1.82) is 0 Å². The summed E-state index contributed by atoms with van der Waals surface area (Å²) in [6.45, 7) is 5.30. The molecule has 0 N–H and O–H groups in total. The molecule has 0 spiro atoms. The van der Waals surface area contributed by atoms with Crippen molar-refractivity contribution in [3.8, 4) is 11.1 Å². The third-order valence-corrected chi connectivity index (χ3v) is 5.99. The predicted molar refractivity (Wildman–Crippen MR) is 105 cm³/mol. The van der Waals surface area contributed by atoms with Gasteiger partial charge in [0.05, 0.1) is 16.4 Å². The maximum Gasteiger partial charge on any atom is 0.265 e.